The number of rotatable bonds is 5. The molecule has 0 atom stereocenters. The molecule has 0 saturated carbocycles. The summed E-state index contributed by atoms with van der Waals surface area (Å²) in [5, 5.41) is 11.9. The fourth-order valence-electron chi connectivity index (χ4n) is 2.34. The van der Waals surface area contributed by atoms with Crippen LogP contribution in [0.2, 0.25) is 5.02 Å². The van der Waals surface area contributed by atoms with Gasteiger partial charge in [-0.05, 0) is 32.4 Å². The van der Waals surface area contributed by atoms with Crippen LogP contribution < -0.4 is 16.0 Å². The van der Waals surface area contributed by atoms with Crippen molar-refractivity contribution < 1.29 is 0 Å². The first-order valence-electron chi connectivity index (χ1n) is 7.56. The molecule has 120 valence electrons. The average Bonchev–Trinajstić information content (AvgIpc) is 2.53. The van der Waals surface area contributed by atoms with Crippen molar-refractivity contribution in [1.29, 1.82) is 5.41 Å². The first-order chi connectivity index (χ1) is 10.6. The summed E-state index contributed by atoms with van der Waals surface area (Å²) in [5.41, 5.74) is 7.02. The van der Waals surface area contributed by atoms with Crippen molar-refractivity contribution in [2.45, 2.75) is 19.8 Å². The van der Waals surface area contributed by atoms with Crippen LogP contribution in [-0.4, -0.2) is 49.3 Å². The Bertz CT molecular complexity index is 551. The van der Waals surface area contributed by atoms with Crippen LogP contribution in [0.3, 0.4) is 0 Å². The van der Waals surface area contributed by atoms with Crippen molar-refractivity contribution in [1.82, 2.24) is 10.3 Å². The lowest BCUT2D eigenvalue weighted by atomic mass is 10.2. The van der Waals surface area contributed by atoms with Crippen molar-refractivity contribution in [2.75, 3.05) is 37.6 Å². The van der Waals surface area contributed by atoms with Crippen LogP contribution >= 0.6 is 11.6 Å². The molecule has 0 bridgehead atoms. The van der Waals surface area contributed by atoms with Gasteiger partial charge in [-0.3, -0.25) is 5.41 Å². The molecule has 1 saturated heterocycles. The molecular weight excluding hydrogens is 300 g/mol. The average molecular weight is 323 g/mol. The Morgan fingerprint density at radius 1 is 1.50 bits per heavy atom. The van der Waals surface area contributed by atoms with Gasteiger partial charge in [0.1, 0.15) is 5.82 Å². The SMILES string of the molecule is CC(CCCN)=NC(=N)c1cnc(N2CCNCC2)c(Cl)c1. The maximum atomic E-state index is 8.07. The maximum absolute atomic E-state index is 8.07. The molecule has 0 spiro atoms. The van der Waals surface area contributed by atoms with Crippen LogP contribution in [0.1, 0.15) is 25.3 Å². The Morgan fingerprint density at radius 3 is 2.86 bits per heavy atom. The highest BCUT2D eigenvalue weighted by Gasteiger charge is 2.16. The first kappa shape index (κ1) is 16.9. The van der Waals surface area contributed by atoms with Gasteiger partial charge >= 0.3 is 0 Å². The fourth-order valence-corrected chi connectivity index (χ4v) is 2.62. The molecule has 1 aromatic heterocycles. The number of halogens is 1. The highest BCUT2D eigenvalue weighted by molar-refractivity contribution is 6.33. The van der Waals surface area contributed by atoms with E-state index in [1.54, 1.807) is 12.3 Å². The van der Waals surface area contributed by atoms with Gasteiger partial charge in [0.2, 0.25) is 0 Å². The number of aliphatic imine (C=N–C) groups is 1. The number of nitrogens with two attached hydrogens (primary N) is 1. The molecule has 4 N–H and O–H groups in total. The number of hydrogen-bond donors (Lipinski definition) is 3. The molecule has 0 aromatic carbocycles. The lowest BCUT2D eigenvalue weighted by molar-refractivity contribution is 0.585. The van der Waals surface area contributed by atoms with Gasteiger partial charge in [-0.2, -0.15) is 0 Å². The van der Waals surface area contributed by atoms with Crippen molar-refractivity contribution in [2.24, 2.45) is 10.7 Å². The summed E-state index contributed by atoms with van der Waals surface area (Å²) in [7, 11) is 0. The van der Waals surface area contributed by atoms with Crippen molar-refractivity contribution in [3.63, 3.8) is 0 Å². The predicted octanol–water partition coefficient (Wildman–Crippen LogP) is 1.67. The second-order valence-corrected chi connectivity index (χ2v) is 5.76. The highest BCUT2D eigenvalue weighted by atomic mass is 35.5. The minimum atomic E-state index is 0.191. The third-order valence-electron chi connectivity index (χ3n) is 3.56. The summed E-state index contributed by atoms with van der Waals surface area (Å²) in [6, 6.07) is 1.77. The quantitative estimate of drug-likeness (QED) is 0.568. The smallest absolute Gasteiger partial charge is 0.153 e. The Labute approximate surface area is 136 Å². The van der Waals surface area contributed by atoms with Crippen LogP contribution in [0, 0.1) is 5.41 Å². The number of piperazine rings is 1. The molecule has 1 fully saturated rings. The number of nitrogens with zero attached hydrogens (tertiary/aromatic N) is 3. The second kappa shape index (κ2) is 8.22. The van der Waals surface area contributed by atoms with Crippen LogP contribution in [0.4, 0.5) is 5.82 Å². The zero-order valence-electron chi connectivity index (χ0n) is 12.9. The van der Waals surface area contributed by atoms with E-state index in [-0.39, 0.29) is 5.84 Å². The van der Waals surface area contributed by atoms with Gasteiger partial charge in [0, 0.05) is 43.7 Å². The molecule has 0 amide bonds. The monoisotopic (exact) mass is 322 g/mol. The van der Waals surface area contributed by atoms with E-state index < -0.39 is 0 Å². The summed E-state index contributed by atoms with van der Waals surface area (Å²) in [6.07, 6.45) is 3.35. The number of nitrogens with one attached hydrogen (secondary N) is 2. The van der Waals surface area contributed by atoms with Crippen LogP contribution in [0.15, 0.2) is 17.3 Å². The first-order valence-corrected chi connectivity index (χ1v) is 7.94. The van der Waals surface area contributed by atoms with Gasteiger partial charge in [-0.25, -0.2) is 9.98 Å². The number of hydrogen-bond acceptors (Lipinski definition) is 5. The largest absolute Gasteiger partial charge is 0.353 e. The molecule has 6 nitrogen and oxygen atoms in total. The summed E-state index contributed by atoms with van der Waals surface area (Å²) in [6.45, 7) is 6.18. The van der Waals surface area contributed by atoms with Gasteiger partial charge in [-0.15, -0.1) is 0 Å². The molecule has 0 radical (unpaired) electrons. The zero-order chi connectivity index (χ0) is 15.9. The predicted molar refractivity (Wildman–Crippen MR) is 92.6 cm³/mol. The molecule has 0 aliphatic carbocycles. The lowest BCUT2D eigenvalue weighted by Gasteiger charge is -2.29. The van der Waals surface area contributed by atoms with Crippen LogP contribution in [-0.2, 0) is 0 Å². The van der Waals surface area contributed by atoms with Gasteiger partial charge in [0.05, 0.1) is 5.02 Å². The van der Waals surface area contributed by atoms with Crippen LogP contribution in [0.5, 0.6) is 0 Å². The third kappa shape index (κ3) is 4.50. The number of amidine groups is 1. The van der Waals surface area contributed by atoms with E-state index in [0.29, 0.717) is 17.1 Å². The minimum Gasteiger partial charge on any atom is -0.353 e. The van der Waals surface area contributed by atoms with Crippen molar-refractivity contribution in [3.8, 4) is 0 Å². The van der Waals surface area contributed by atoms with Gasteiger partial charge in [0.15, 0.2) is 5.84 Å². The Kier molecular flexibility index (Phi) is 6.30. The van der Waals surface area contributed by atoms with E-state index in [2.05, 4.69) is 20.2 Å². The molecule has 2 rings (SSSR count). The van der Waals surface area contributed by atoms with Gasteiger partial charge in [0.25, 0.3) is 0 Å². The van der Waals surface area contributed by atoms with E-state index in [4.69, 9.17) is 22.7 Å². The second-order valence-electron chi connectivity index (χ2n) is 5.35. The Balaban J connectivity index is 2.09. The molecule has 1 aliphatic rings. The summed E-state index contributed by atoms with van der Waals surface area (Å²) < 4.78 is 0. The molecule has 0 unspecified atom stereocenters. The Hall–Kier alpha value is -1.50. The minimum absolute atomic E-state index is 0.191. The highest BCUT2D eigenvalue weighted by Crippen LogP contribution is 2.24. The van der Waals surface area contributed by atoms with Gasteiger partial charge < -0.3 is 16.0 Å². The lowest BCUT2D eigenvalue weighted by Crippen LogP contribution is -2.44. The number of anilines is 1. The normalized spacial score (nSPS) is 16.0. The van der Waals surface area contributed by atoms with E-state index >= 15 is 0 Å². The zero-order valence-corrected chi connectivity index (χ0v) is 13.7. The maximum Gasteiger partial charge on any atom is 0.153 e. The fraction of sp³-hybridized carbons (Fsp3) is 0.533. The van der Waals surface area contributed by atoms with Gasteiger partial charge in [-0.1, -0.05) is 11.6 Å². The van der Waals surface area contributed by atoms with E-state index in [1.165, 1.54) is 0 Å². The molecule has 1 aliphatic heterocycles. The topological polar surface area (TPSA) is 90.4 Å². The molecular formula is C15H23ClN6. The van der Waals surface area contributed by atoms with E-state index in [0.717, 1.165) is 50.6 Å². The van der Waals surface area contributed by atoms with Crippen molar-refractivity contribution >= 4 is 29.0 Å². The Morgan fingerprint density at radius 2 is 2.23 bits per heavy atom. The molecule has 7 heteroatoms. The molecule has 22 heavy (non-hydrogen) atoms. The summed E-state index contributed by atoms with van der Waals surface area (Å²) in [5.74, 6) is 0.972. The number of pyridine rings is 1. The van der Waals surface area contributed by atoms with E-state index in [9.17, 15) is 0 Å². The summed E-state index contributed by atoms with van der Waals surface area (Å²) >= 11 is 6.34. The van der Waals surface area contributed by atoms with Crippen molar-refractivity contribution in [3.05, 3.63) is 22.8 Å². The molecule has 2 heterocycles. The number of aromatic nitrogens is 1. The standard InChI is InChI=1S/C15H23ClN6/c1-11(3-2-4-17)21-14(18)12-9-13(16)15(20-10-12)22-7-5-19-6-8-22/h9-10,18-19H,2-8,17H2,1H3. The van der Waals surface area contributed by atoms with E-state index in [1.807, 2.05) is 6.92 Å². The molecule has 1 aromatic rings. The third-order valence-corrected chi connectivity index (χ3v) is 3.84. The summed E-state index contributed by atoms with van der Waals surface area (Å²) in [4.78, 5) is 10.9. The van der Waals surface area contributed by atoms with Crippen LogP contribution in [0.25, 0.3) is 0 Å².